The van der Waals surface area contributed by atoms with E-state index in [9.17, 15) is 0 Å². The molecule has 0 spiro atoms. The normalized spacial score (nSPS) is 13.4. The van der Waals surface area contributed by atoms with Crippen molar-refractivity contribution in [3.8, 4) is 5.75 Å². The van der Waals surface area contributed by atoms with Crippen LogP contribution in [0.25, 0.3) is 0 Å². The molecule has 0 aliphatic carbocycles. The molecule has 0 amide bonds. The van der Waals surface area contributed by atoms with Crippen molar-refractivity contribution in [3.63, 3.8) is 0 Å². The number of benzene rings is 1. The molecule has 1 rings (SSSR count). The fourth-order valence-electron chi connectivity index (χ4n) is 2.56. The minimum Gasteiger partial charge on any atom is -0.496 e. The molecule has 1 atom stereocenters. The van der Waals surface area contributed by atoms with Gasteiger partial charge in [-0.15, -0.1) is 0 Å². The molecule has 0 saturated carbocycles. The summed E-state index contributed by atoms with van der Waals surface area (Å²) in [4.78, 5) is 0. The van der Waals surface area contributed by atoms with E-state index in [1.54, 1.807) is 7.11 Å². The van der Waals surface area contributed by atoms with Gasteiger partial charge in [0.1, 0.15) is 5.75 Å². The average Bonchev–Trinajstić information content (AvgIpc) is 2.27. The third-order valence-corrected chi connectivity index (χ3v) is 3.55. The van der Waals surface area contributed by atoms with Gasteiger partial charge in [-0.3, -0.25) is 0 Å². The van der Waals surface area contributed by atoms with Crippen molar-refractivity contribution in [2.45, 2.75) is 52.9 Å². The molecule has 2 heteroatoms. The highest BCUT2D eigenvalue weighted by Gasteiger charge is 2.22. The lowest BCUT2D eigenvalue weighted by Gasteiger charge is -2.25. The van der Waals surface area contributed by atoms with Crippen LogP contribution in [0, 0.1) is 12.8 Å². The molecule has 1 unspecified atom stereocenters. The zero-order chi connectivity index (χ0) is 14.6. The largest absolute Gasteiger partial charge is 0.496 e. The molecular formula is C17H29NO. The van der Waals surface area contributed by atoms with Gasteiger partial charge in [-0.1, -0.05) is 45.4 Å². The van der Waals surface area contributed by atoms with Gasteiger partial charge in [-0.2, -0.15) is 0 Å². The molecule has 2 nitrogen and oxygen atoms in total. The molecule has 0 heterocycles. The third-order valence-electron chi connectivity index (χ3n) is 3.55. The summed E-state index contributed by atoms with van der Waals surface area (Å²) in [6.45, 7) is 11.9. The van der Waals surface area contributed by atoms with Crippen molar-refractivity contribution in [3.05, 3.63) is 28.8 Å². The van der Waals surface area contributed by atoms with Crippen LogP contribution in [-0.2, 0) is 11.8 Å². The summed E-state index contributed by atoms with van der Waals surface area (Å²) in [7, 11) is 1.77. The van der Waals surface area contributed by atoms with Gasteiger partial charge in [0.05, 0.1) is 7.11 Å². The van der Waals surface area contributed by atoms with Gasteiger partial charge in [0.15, 0.2) is 0 Å². The maximum atomic E-state index is 5.71. The van der Waals surface area contributed by atoms with Gasteiger partial charge in [0, 0.05) is 5.56 Å². The van der Waals surface area contributed by atoms with E-state index in [4.69, 9.17) is 10.5 Å². The Labute approximate surface area is 118 Å². The highest BCUT2D eigenvalue weighted by molar-refractivity contribution is 5.48. The second kappa shape index (κ2) is 6.42. The fraction of sp³-hybridized carbons (Fsp3) is 0.647. The first kappa shape index (κ1) is 16.0. The summed E-state index contributed by atoms with van der Waals surface area (Å²) in [5, 5.41) is 0. The first-order valence-corrected chi connectivity index (χ1v) is 7.17. The molecule has 0 fully saturated rings. The maximum Gasteiger partial charge on any atom is 0.125 e. The number of hydrogen-bond donors (Lipinski definition) is 1. The SMILES string of the molecule is COc1c(CC(C)CCN)cc(C)cc1C(C)(C)C. The van der Waals surface area contributed by atoms with Gasteiger partial charge in [-0.05, 0) is 43.2 Å². The van der Waals surface area contributed by atoms with E-state index in [2.05, 4.69) is 46.8 Å². The highest BCUT2D eigenvalue weighted by Crippen LogP contribution is 2.36. The Morgan fingerprint density at radius 3 is 2.37 bits per heavy atom. The number of ether oxygens (including phenoxy) is 1. The topological polar surface area (TPSA) is 35.2 Å². The Morgan fingerprint density at radius 2 is 1.89 bits per heavy atom. The summed E-state index contributed by atoms with van der Waals surface area (Å²) in [5.41, 5.74) is 9.67. The van der Waals surface area contributed by atoms with Gasteiger partial charge in [0.25, 0.3) is 0 Å². The number of rotatable bonds is 5. The van der Waals surface area contributed by atoms with Gasteiger partial charge in [-0.25, -0.2) is 0 Å². The van der Waals surface area contributed by atoms with Crippen LogP contribution in [0.1, 0.15) is 50.8 Å². The predicted octanol–water partition coefficient (Wildman–Crippen LogP) is 3.83. The predicted molar refractivity (Wildman–Crippen MR) is 83.0 cm³/mol. The first-order chi connectivity index (χ1) is 8.79. The van der Waals surface area contributed by atoms with Crippen LogP contribution in [0.5, 0.6) is 5.75 Å². The Balaban J connectivity index is 3.20. The maximum absolute atomic E-state index is 5.71. The summed E-state index contributed by atoms with van der Waals surface area (Å²) in [6.07, 6.45) is 2.09. The van der Waals surface area contributed by atoms with Gasteiger partial charge >= 0.3 is 0 Å². The molecule has 2 N–H and O–H groups in total. The number of aryl methyl sites for hydroxylation is 1. The average molecular weight is 263 g/mol. The number of methoxy groups -OCH3 is 1. The fourth-order valence-corrected chi connectivity index (χ4v) is 2.56. The van der Waals surface area contributed by atoms with Crippen LogP contribution in [-0.4, -0.2) is 13.7 Å². The zero-order valence-electron chi connectivity index (χ0n) is 13.3. The molecular weight excluding hydrogens is 234 g/mol. The van der Waals surface area contributed by atoms with Crippen molar-refractivity contribution in [2.75, 3.05) is 13.7 Å². The van der Waals surface area contributed by atoms with Crippen LogP contribution in [0.4, 0.5) is 0 Å². The second-order valence-corrected chi connectivity index (χ2v) is 6.64. The van der Waals surface area contributed by atoms with E-state index in [1.165, 1.54) is 16.7 Å². The molecule has 0 aliphatic heterocycles. The molecule has 0 saturated heterocycles. The molecule has 1 aromatic carbocycles. The van der Waals surface area contributed by atoms with Crippen molar-refractivity contribution in [2.24, 2.45) is 11.7 Å². The molecule has 19 heavy (non-hydrogen) atoms. The molecule has 108 valence electrons. The summed E-state index contributed by atoms with van der Waals surface area (Å²) in [6, 6.07) is 4.50. The Kier molecular flexibility index (Phi) is 5.42. The third kappa shape index (κ3) is 4.24. The van der Waals surface area contributed by atoms with E-state index in [-0.39, 0.29) is 5.41 Å². The lowest BCUT2D eigenvalue weighted by Crippen LogP contribution is -2.16. The summed E-state index contributed by atoms with van der Waals surface area (Å²) < 4.78 is 5.71. The van der Waals surface area contributed by atoms with Crippen molar-refractivity contribution in [1.29, 1.82) is 0 Å². The van der Waals surface area contributed by atoms with E-state index in [1.807, 2.05) is 0 Å². The number of hydrogen-bond acceptors (Lipinski definition) is 2. The molecule has 0 bridgehead atoms. The lowest BCUT2D eigenvalue weighted by molar-refractivity contribution is 0.387. The minimum atomic E-state index is 0.100. The van der Waals surface area contributed by atoms with Crippen LogP contribution >= 0.6 is 0 Å². The van der Waals surface area contributed by atoms with Crippen molar-refractivity contribution < 1.29 is 4.74 Å². The first-order valence-electron chi connectivity index (χ1n) is 7.17. The van der Waals surface area contributed by atoms with Gasteiger partial charge in [0.2, 0.25) is 0 Å². The molecule has 0 aromatic heterocycles. The Bertz CT molecular complexity index is 418. The zero-order valence-corrected chi connectivity index (χ0v) is 13.3. The van der Waals surface area contributed by atoms with Crippen LogP contribution in [0.15, 0.2) is 12.1 Å². The summed E-state index contributed by atoms with van der Waals surface area (Å²) >= 11 is 0. The van der Waals surface area contributed by atoms with E-state index in [0.717, 1.165) is 25.1 Å². The van der Waals surface area contributed by atoms with Crippen LogP contribution < -0.4 is 10.5 Å². The molecule has 1 aromatic rings. The van der Waals surface area contributed by atoms with E-state index >= 15 is 0 Å². The quantitative estimate of drug-likeness (QED) is 0.876. The summed E-state index contributed by atoms with van der Waals surface area (Å²) in [5.74, 6) is 1.65. The second-order valence-electron chi connectivity index (χ2n) is 6.64. The van der Waals surface area contributed by atoms with Crippen molar-refractivity contribution in [1.82, 2.24) is 0 Å². The number of nitrogens with two attached hydrogens (primary N) is 1. The Hall–Kier alpha value is -1.02. The standard InChI is InChI=1S/C17H29NO/c1-12(7-8-18)9-14-10-13(2)11-15(16(14)19-6)17(3,4)5/h10-12H,7-9,18H2,1-6H3. The van der Waals surface area contributed by atoms with Crippen LogP contribution in [0.3, 0.4) is 0 Å². The highest BCUT2D eigenvalue weighted by atomic mass is 16.5. The monoisotopic (exact) mass is 263 g/mol. The van der Waals surface area contributed by atoms with Gasteiger partial charge < -0.3 is 10.5 Å². The lowest BCUT2D eigenvalue weighted by atomic mass is 9.82. The van der Waals surface area contributed by atoms with Crippen molar-refractivity contribution >= 4 is 0 Å². The Morgan fingerprint density at radius 1 is 1.26 bits per heavy atom. The van der Waals surface area contributed by atoms with Crippen LogP contribution in [0.2, 0.25) is 0 Å². The van der Waals surface area contributed by atoms with E-state index < -0.39 is 0 Å². The minimum absolute atomic E-state index is 0.100. The molecule has 0 radical (unpaired) electrons. The smallest absolute Gasteiger partial charge is 0.125 e. The molecule has 0 aliphatic rings. The van der Waals surface area contributed by atoms with E-state index in [0.29, 0.717) is 5.92 Å².